The van der Waals surface area contributed by atoms with E-state index in [0.29, 0.717) is 39.9 Å². The van der Waals surface area contributed by atoms with E-state index in [4.69, 9.17) is 18.6 Å². The predicted octanol–water partition coefficient (Wildman–Crippen LogP) is 16.2. The summed E-state index contributed by atoms with van der Waals surface area (Å²) in [4.78, 5) is 5.02. The van der Waals surface area contributed by atoms with Crippen LogP contribution in [0.5, 0.6) is 23.0 Å². The number of fused-ring (bicyclic) bond motifs is 2. The van der Waals surface area contributed by atoms with E-state index >= 15 is 0 Å². The monoisotopic (exact) mass is 833 g/mol. The molecule has 0 saturated heterocycles. The number of aryl methyl sites for hydroxylation is 1. The topological polar surface area (TPSA) is 60.3 Å². The number of hydrogen-bond acceptors (Lipinski definition) is 5. The molecule has 0 unspecified atom stereocenters. The maximum absolute atomic E-state index is 8.80. The van der Waals surface area contributed by atoms with Crippen molar-refractivity contribution in [3.63, 3.8) is 0 Å². The van der Waals surface area contributed by atoms with E-state index in [1.165, 1.54) is 5.56 Å². The average molecular weight is 834 g/mol. The predicted molar refractivity (Wildman–Crippen MR) is 264 cm³/mol. The van der Waals surface area contributed by atoms with Crippen LogP contribution in [-0.4, -0.2) is 9.55 Å². The van der Waals surface area contributed by atoms with Gasteiger partial charge in [0, 0.05) is 55.6 Å². The van der Waals surface area contributed by atoms with Crippen LogP contribution < -0.4 is 20.1 Å². The van der Waals surface area contributed by atoms with Crippen molar-refractivity contribution >= 4 is 44.6 Å². The second kappa shape index (κ2) is 15.7. The number of anilines is 4. The molecule has 0 spiro atoms. The summed E-state index contributed by atoms with van der Waals surface area (Å²) in [6.45, 7) is 4.15. The first-order valence-electron chi connectivity index (χ1n) is 23.0. The highest BCUT2D eigenvalue weighted by Gasteiger charge is 2.21. The van der Waals surface area contributed by atoms with Crippen LogP contribution in [0.15, 0.2) is 194 Å². The molecule has 10 aromatic rings. The first-order chi connectivity index (χ1) is 32.4. The smallest absolute Gasteiger partial charge is 0.137 e. The van der Waals surface area contributed by atoms with E-state index in [1.54, 1.807) is 12.3 Å². The van der Waals surface area contributed by atoms with E-state index in [1.807, 2.05) is 95.6 Å². The molecule has 0 saturated carbocycles. The van der Waals surface area contributed by atoms with Crippen molar-refractivity contribution in [3.05, 3.63) is 205 Å². The normalized spacial score (nSPS) is 13.1. The lowest BCUT2D eigenvalue weighted by atomic mass is 9.86. The fraction of sp³-hybridized carbons (Fsp3) is 0.0862. The molecule has 14 rings (SSSR count). The molecule has 0 radical (unpaired) electrons. The van der Waals surface area contributed by atoms with Gasteiger partial charge in [-0.2, -0.15) is 0 Å². The van der Waals surface area contributed by atoms with Crippen molar-refractivity contribution in [2.45, 2.75) is 33.0 Å². The van der Waals surface area contributed by atoms with Crippen LogP contribution in [-0.2, 0) is 5.41 Å². The molecule has 4 aliphatic heterocycles. The van der Waals surface area contributed by atoms with Gasteiger partial charge in [0.1, 0.15) is 28.8 Å². The van der Waals surface area contributed by atoms with Gasteiger partial charge in [-0.3, -0.25) is 4.57 Å². The maximum Gasteiger partial charge on any atom is 0.137 e. The number of nitrogens with one attached hydrogen (secondary N) is 2. The summed E-state index contributed by atoms with van der Waals surface area (Å²) in [5, 5.41) is 9.55. The average Bonchev–Trinajstić information content (AvgIpc) is 3.65. The zero-order valence-corrected chi connectivity index (χ0v) is 35.7. The van der Waals surface area contributed by atoms with Crippen LogP contribution in [0.2, 0.25) is 0 Å². The Hall–Kier alpha value is -8.09. The number of benzene rings is 8. The second-order valence-corrected chi connectivity index (χ2v) is 17.3. The second-order valence-electron chi connectivity index (χ2n) is 17.3. The molecule has 10 bridgehead atoms. The summed E-state index contributed by atoms with van der Waals surface area (Å²) in [5.74, 6) is 2.96. The largest absolute Gasteiger partial charge is 0.457 e. The van der Waals surface area contributed by atoms with Gasteiger partial charge in [-0.15, -0.1) is 0 Å². The number of pyridine rings is 1. The molecular formula is C58H46N4O2. The fourth-order valence-corrected chi connectivity index (χ4v) is 8.69. The number of nitrogens with zero attached hydrogens (tertiary/aromatic N) is 2. The van der Waals surface area contributed by atoms with E-state index in [0.717, 1.165) is 66.8 Å². The highest BCUT2D eigenvalue weighted by atomic mass is 16.5. The lowest BCUT2D eigenvalue weighted by molar-refractivity contribution is 0.483. The fourth-order valence-electron chi connectivity index (χ4n) is 8.69. The van der Waals surface area contributed by atoms with Crippen LogP contribution in [0.25, 0.3) is 61.0 Å². The van der Waals surface area contributed by atoms with Crippen molar-refractivity contribution < 1.29 is 13.6 Å². The molecule has 0 amide bonds. The number of aromatic nitrogens is 2. The first-order valence-corrected chi connectivity index (χ1v) is 21.5. The summed E-state index contributed by atoms with van der Waals surface area (Å²) in [5.41, 5.74) is 11.9. The van der Waals surface area contributed by atoms with Crippen LogP contribution >= 0.6 is 0 Å². The molecule has 6 nitrogen and oxygen atoms in total. The van der Waals surface area contributed by atoms with Gasteiger partial charge in [0.25, 0.3) is 0 Å². The minimum Gasteiger partial charge on any atom is -0.457 e. The summed E-state index contributed by atoms with van der Waals surface area (Å²) < 4.78 is 41.6. The standard InChI is InChI=1S/C58H46N4O2/c1-37-31-56-59-36-51(37)40-15-10-17-44(32-40)63-43-26-23-39(24-27-43)48-20-12-19-47(38-13-6-5-7-14-38)57(48)61-53-22-9-8-21-52(53)60-42-16-11-18-45(34-42)64-46-28-29-49-50-33-41(58(2,3)4)25-30-54(50)62(56)55(49)35-46/h5-36,60-61H,1-4H3/i1D3. The van der Waals surface area contributed by atoms with Gasteiger partial charge < -0.3 is 20.1 Å². The van der Waals surface area contributed by atoms with E-state index in [2.05, 4.69) is 122 Å². The van der Waals surface area contributed by atoms with Crippen molar-refractivity contribution in [2.75, 3.05) is 10.6 Å². The third-order valence-electron chi connectivity index (χ3n) is 12.0. The van der Waals surface area contributed by atoms with Gasteiger partial charge in [0.15, 0.2) is 0 Å². The molecule has 6 heteroatoms. The zero-order chi connectivity index (χ0) is 45.9. The highest BCUT2D eigenvalue weighted by molar-refractivity contribution is 6.10. The molecule has 2 aromatic heterocycles. The lowest BCUT2D eigenvalue weighted by Crippen LogP contribution is -2.10. The van der Waals surface area contributed by atoms with Gasteiger partial charge in [-0.1, -0.05) is 118 Å². The summed E-state index contributed by atoms with van der Waals surface area (Å²) in [6, 6.07) is 62.7. The molecule has 0 aliphatic carbocycles. The Bertz CT molecular complexity index is 3500. The molecule has 0 fully saturated rings. The van der Waals surface area contributed by atoms with Crippen LogP contribution in [0.1, 0.15) is 36.0 Å². The third-order valence-corrected chi connectivity index (χ3v) is 12.0. The highest BCUT2D eigenvalue weighted by Crippen LogP contribution is 2.43. The van der Waals surface area contributed by atoms with Gasteiger partial charge in [0.05, 0.1) is 28.1 Å². The Morgan fingerprint density at radius 3 is 1.94 bits per heavy atom. The Kier molecular flexibility index (Phi) is 8.69. The van der Waals surface area contributed by atoms with Crippen molar-refractivity contribution in [3.8, 4) is 62.2 Å². The Labute approximate surface area is 377 Å². The van der Waals surface area contributed by atoms with Crippen LogP contribution in [0.3, 0.4) is 0 Å². The Balaban J connectivity index is 1.10. The van der Waals surface area contributed by atoms with Gasteiger partial charge in [-0.05, 0) is 119 Å². The molecule has 0 atom stereocenters. The van der Waals surface area contributed by atoms with Crippen molar-refractivity contribution in [2.24, 2.45) is 0 Å². The quantitative estimate of drug-likeness (QED) is 0.173. The van der Waals surface area contributed by atoms with Gasteiger partial charge >= 0.3 is 0 Å². The summed E-state index contributed by atoms with van der Waals surface area (Å²) in [7, 11) is 0. The first kappa shape index (κ1) is 35.5. The summed E-state index contributed by atoms with van der Waals surface area (Å²) in [6.07, 6.45) is 1.67. The number of para-hydroxylation sites is 3. The lowest BCUT2D eigenvalue weighted by Gasteiger charge is -2.20. The van der Waals surface area contributed by atoms with Crippen LogP contribution in [0.4, 0.5) is 22.7 Å². The zero-order valence-electron chi connectivity index (χ0n) is 38.7. The van der Waals surface area contributed by atoms with Gasteiger partial charge in [-0.25, -0.2) is 4.98 Å². The molecule has 4 aliphatic rings. The number of rotatable bonds is 1. The third kappa shape index (κ3) is 7.29. The Morgan fingerprint density at radius 1 is 0.500 bits per heavy atom. The Morgan fingerprint density at radius 2 is 1.16 bits per heavy atom. The summed E-state index contributed by atoms with van der Waals surface area (Å²) >= 11 is 0. The van der Waals surface area contributed by atoms with E-state index in [9.17, 15) is 0 Å². The molecule has 64 heavy (non-hydrogen) atoms. The SMILES string of the molecule is [2H]C([2H])([2H])c1cc2ncc1-c1cccc(c1)Oc1ccc(cc1)-c1cccc(-c3ccccc3)c1Nc1ccccc1Nc1cccc(c1)Oc1ccc3c4cc(C(C)(C)C)ccc4n-2c3c1. The van der Waals surface area contributed by atoms with E-state index < -0.39 is 6.85 Å². The molecular weight excluding hydrogens is 785 g/mol. The van der Waals surface area contributed by atoms with Crippen molar-refractivity contribution in [1.82, 2.24) is 9.55 Å². The molecule has 310 valence electrons. The van der Waals surface area contributed by atoms with Gasteiger partial charge in [0.2, 0.25) is 0 Å². The maximum atomic E-state index is 8.80. The van der Waals surface area contributed by atoms with Crippen molar-refractivity contribution in [1.29, 1.82) is 0 Å². The minimum absolute atomic E-state index is 0.0941. The van der Waals surface area contributed by atoms with E-state index in [-0.39, 0.29) is 11.0 Å². The molecule has 2 N–H and O–H groups in total. The van der Waals surface area contributed by atoms with Crippen LogP contribution in [0, 0.1) is 6.85 Å². The molecule has 8 aromatic carbocycles. The molecule has 6 heterocycles. The number of hydrogen-bond donors (Lipinski definition) is 2. The number of ether oxygens (including phenoxy) is 2. The minimum atomic E-state index is -2.46.